The molecule has 110 valence electrons. The van der Waals surface area contributed by atoms with Crippen LogP contribution in [-0.2, 0) is 0 Å². The minimum Gasteiger partial charge on any atom is -0.493 e. The molecule has 0 fully saturated rings. The minimum atomic E-state index is -0.152. The molecule has 0 saturated carbocycles. The standard InChI is InChI=1S/C16H16INO3/c1-3-21-15-10-13(7-8-14(15)20-2)18-16(19)11-5-4-6-12(17)9-11/h4-10H,3H2,1-2H3,(H,18,19). The van der Waals surface area contributed by atoms with Gasteiger partial charge in [0.1, 0.15) is 0 Å². The highest BCUT2D eigenvalue weighted by Crippen LogP contribution is 2.30. The van der Waals surface area contributed by atoms with E-state index in [1.807, 2.05) is 25.1 Å². The van der Waals surface area contributed by atoms with Crippen LogP contribution in [0.5, 0.6) is 11.5 Å². The molecule has 2 rings (SSSR count). The van der Waals surface area contributed by atoms with E-state index in [0.29, 0.717) is 29.4 Å². The summed E-state index contributed by atoms with van der Waals surface area (Å²) in [6.07, 6.45) is 0. The molecule has 0 spiro atoms. The lowest BCUT2D eigenvalue weighted by molar-refractivity contribution is 0.102. The van der Waals surface area contributed by atoms with Crippen molar-refractivity contribution in [2.24, 2.45) is 0 Å². The van der Waals surface area contributed by atoms with Crippen LogP contribution in [0.3, 0.4) is 0 Å². The molecule has 0 aromatic heterocycles. The summed E-state index contributed by atoms with van der Waals surface area (Å²) in [7, 11) is 1.59. The van der Waals surface area contributed by atoms with Gasteiger partial charge in [0.05, 0.1) is 13.7 Å². The van der Waals surface area contributed by atoms with Crippen molar-refractivity contribution in [3.8, 4) is 11.5 Å². The van der Waals surface area contributed by atoms with Gasteiger partial charge in [-0.3, -0.25) is 4.79 Å². The van der Waals surface area contributed by atoms with Crippen LogP contribution in [-0.4, -0.2) is 19.6 Å². The molecule has 0 atom stereocenters. The van der Waals surface area contributed by atoms with Crippen LogP contribution in [0, 0.1) is 3.57 Å². The van der Waals surface area contributed by atoms with Crippen LogP contribution in [0.1, 0.15) is 17.3 Å². The molecule has 0 aliphatic carbocycles. The Kier molecular flexibility index (Phi) is 5.44. The summed E-state index contributed by atoms with van der Waals surface area (Å²) in [5.74, 6) is 1.10. The third-order valence-electron chi connectivity index (χ3n) is 2.81. The lowest BCUT2D eigenvalue weighted by Gasteiger charge is -2.12. The Morgan fingerprint density at radius 3 is 2.67 bits per heavy atom. The molecule has 0 heterocycles. The van der Waals surface area contributed by atoms with Gasteiger partial charge in [0, 0.05) is 20.9 Å². The molecule has 0 aliphatic heterocycles. The minimum absolute atomic E-state index is 0.152. The molecule has 0 bridgehead atoms. The van der Waals surface area contributed by atoms with E-state index in [9.17, 15) is 4.79 Å². The van der Waals surface area contributed by atoms with Gasteiger partial charge < -0.3 is 14.8 Å². The predicted molar refractivity (Wildman–Crippen MR) is 91.3 cm³/mol. The smallest absolute Gasteiger partial charge is 0.255 e. The maximum atomic E-state index is 12.2. The number of amides is 1. The number of carbonyl (C=O) groups excluding carboxylic acids is 1. The third kappa shape index (κ3) is 4.10. The first-order valence-electron chi connectivity index (χ1n) is 6.51. The van der Waals surface area contributed by atoms with Crippen molar-refractivity contribution in [1.82, 2.24) is 0 Å². The van der Waals surface area contributed by atoms with Crippen LogP contribution < -0.4 is 14.8 Å². The molecular weight excluding hydrogens is 381 g/mol. The van der Waals surface area contributed by atoms with E-state index in [2.05, 4.69) is 27.9 Å². The molecule has 2 aromatic carbocycles. The van der Waals surface area contributed by atoms with Gasteiger partial charge in [0.2, 0.25) is 0 Å². The lowest BCUT2D eigenvalue weighted by atomic mass is 10.2. The molecule has 0 aliphatic rings. The Labute approximate surface area is 137 Å². The molecule has 0 unspecified atom stereocenters. The second-order valence-electron chi connectivity index (χ2n) is 4.26. The summed E-state index contributed by atoms with van der Waals surface area (Å²) in [6.45, 7) is 2.43. The topological polar surface area (TPSA) is 47.6 Å². The summed E-state index contributed by atoms with van der Waals surface area (Å²) in [5.41, 5.74) is 1.29. The van der Waals surface area contributed by atoms with Crippen LogP contribution in [0.4, 0.5) is 5.69 Å². The molecule has 4 nitrogen and oxygen atoms in total. The summed E-state index contributed by atoms with van der Waals surface area (Å²) < 4.78 is 11.7. The molecule has 21 heavy (non-hydrogen) atoms. The van der Waals surface area contributed by atoms with Gasteiger partial charge in [-0.1, -0.05) is 6.07 Å². The van der Waals surface area contributed by atoms with Crippen LogP contribution in [0.2, 0.25) is 0 Å². The monoisotopic (exact) mass is 397 g/mol. The Morgan fingerprint density at radius 2 is 2.00 bits per heavy atom. The maximum Gasteiger partial charge on any atom is 0.255 e. The first-order chi connectivity index (χ1) is 10.1. The van der Waals surface area contributed by atoms with Gasteiger partial charge in [-0.15, -0.1) is 0 Å². The van der Waals surface area contributed by atoms with E-state index >= 15 is 0 Å². The molecule has 1 N–H and O–H groups in total. The molecule has 0 radical (unpaired) electrons. The van der Waals surface area contributed by atoms with Gasteiger partial charge >= 0.3 is 0 Å². The van der Waals surface area contributed by atoms with Gasteiger partial charge in [0.15, 0.2) is 11.5 Å². The third-order valence-corrected chi connectivity index (χ3v) is 3.48. The number of halogens is 1. The van der Waals surface area contributed by atoms with Gasteiger partial charge in [0.25, 0.3) is 5.91 Å². The zero-order valence-electron chi connectivity index (χ0n) is 11.9. The Bertz CT molecular complexity index is 643. The normalized spacial score (nSPS) is 10.0. The van der Waals surface area contributed by atoms with Crippen molar-refractivity contribution in [3.63, 3.8) is 0 Å². The predicted octanol–water partition coefficient (Wildman–Crippen LogP) is 3.95. The van der Waals surface area contributed by atoms with E-state index in [0.717, 1.165) is 3.57 Å². The molecular formula is C16H16INO3. The number of anilines is 1. The number of methoxy groups -OCH3 is 1. The summed E-state index contributed by atoms with van der Waals surface area (Å²) in [4.78, 5) is 12.2. The number of rotatable bonds is 5. The summed E-state index contributed by atoms with van der Waals surface area (Å²) in [6, 6.07) is 12.7. The van der Waals surface area contributed by atoms with Gasteiger partial charge in [-0.25, -0.2) is 0 Å². The van der Waals surface area contributed by atoms with Crippen LogP contribution >= 0.6 is 22.6 Å². The average molecular weight is 397 g/mol. The maximum absolute atomic E-state index is 12.2. The highest BCUT2D eigenvalue weighted by atomic mass is 127. The van der Waals surface area contributed by atoms with Crippen molar-refractivity contribution in [3.05, 3.63) is 51.6 Å². The number of carbonyl (C=O) groups is 1. The number of benzene rings is 2. The fraction of sp³-hybridized carbons (Fsp3) is 0.188. The van der Waals surface area contributed by atoms with Gasteiger partial charge in [-0.05, 0) is 59.8 Å². The van der Waals surface area contributed by atoms with E-state index < -0.39 is 0 Å². The number of nitrogens with one attached hydrogen (secondary N) is 1. The highest BCUT2D eigenvalue weighted by Gasteiger charge is 2.09. The van der Waals surface area contributed by atoms with E-state index in [-0.39, 0.29) is 5.91 Å². The number of hydrogen-bond acceptors (Lipinski definition) is 3. The van der Waals surface area contributed by atoms with Crippen molar-refractivity contribution >= 4 is 34.2 Å². The second-order valence-corrected chi connectivity index (χ2v) is 5.51. The molecule has 0 saturated heterocycles. The van der Waals surface area contributed by atoms with E-state index in [4.69, 9.17) is 9.47 Å². The Hall–Kier alpha value is -1.76. The van der Waals surface area contributed by atoms with Crippen molar-refractivity contribution in [1.29, 1.82) is 0 Å². The number of hydrogen-bond donors (Lipinski definition) is 1. The average Bonchev–Trinajstić information content (AvgIpc) is 2.48. The van der Waals surface area contributed by atoms with Crippen molar-refractivity contribution < 1.29 is 14.3 Å². The SMILES string of the molecule is CCOc1cc(NC(=O)c2cccc(I)c2)ccc1OC. The van der Waals surface area contributed by atoms with Gasteiger partial charge in [-0.2, -0.15) is 0 Å². The molecule has 5 heteroatoms. The Balaban J connectivity index is 2.19. The molecule has 1 amide bonds. The first-order valence-corrected chi connectivity index (χ1v) is 7.59. The summed E-state index contributed by atoms with van der Waals surface area (Å²) >= 11 is 2.18. The van der Waals surface area contributed by atoms with Crippen LogP contribution in [0.15, 0.2) is 42.5 Å². The van der Waals surface area contributed by atoms with Crippen molar-refractivity contribution in [2.45, 2.75) is 6.92 Å². The fourth-order valence-electron chi connectivity index (χ4n) is 1.86. The molecule has 2 aromatic rings. The fourth-order valence-corrected chi connectivity index (χ4v) is 2.40. The van der Waals surface area contributed by atoms with Crippen LogP contribution in [0.25, 0.3) is 0 Å². The zero-order chi connectivity index (χ0) is 15.2. The number of ether oxygens (including phenoxy) is 2. The lowest BCUT2D eigenvalue weighted by Crippen LogP contribution is -2.12. The quantitative estimate of drug-likeness (QED) is 0.778. The first kappa shape index (κ1) is 15.6. The summed E-state index contributed by atoms with van der Waals surface area (Å²) in [5, 5.41) is 2.86. The zero-order valence-corrected chi connectivity index (χ0v) is 14.0. The van der Waals surface area contributed by atoms with E-state index in [1.165, 1.54) is 0 Å². The van der Waals surface area contributed by atoms with Crippen molar-refractivity contribution in [2.75, 3.05) is 19.0 Å². The highest BCUT2D eigenvalue weighted by molar-refractivity contribution is 14.1. The largest absolute Gasteiger partial charge is 0.493 e. The Morgan fingerprint density at radius 1 is 1.19 bits per heavy atom. The van der Waals surface area contributed by atoms with E-state index in [1.54, 1.807) is 31.4 Å². The second kappa shape index (κ2) is 7.31.